The van der Waals surface area contributed by atoms with E-state index < -0.39 is 0 Å². The first-order valence-electron chi connectivity index (χ1n) is 11.1. The van der Waals surface area contributed by atoms with E-state index in [0.29, 0.717) is 24.2 Å². The van der Waals surface area contributed by atoms with Crippen LogP contribution in [-0.2, 0) is 6.54 Å². The summed E-state index contributed by atoms with van der Waals surface area (Å²) in [6.45, 7) is 11.3. The van der Waals surface area contributed by atoms with Gasteiger partial charge in [0.05, 0.1) is 17.1 Å². The van der Waals surface area contributed by atoms with Gasteiger partial charge in [0.25, 0.3) is 11.8 Å². The Labute approximate surface area is 190 Å². The van der Waals surface area contributed by atoms with Crippen LogP contribution in [0.5, 0.6) is 0 Å². The highest BCUT2D eigenvalue weighted by Gasteiger charge is 2.22. The average Bonchev–Trinajstić information content (AvgIpc) is 3.20. The Morgan fingerprint density at radius 3 is 2.22 bits per heavy atom. The second-order valence-corrected chi connectivity index (χ2v) is 8.89. The molecule has 0 radical (unpaired) electrons. The molecule has 0 spiro atoms. The zero-order valence-corrected chi connectivity index (χ0v) is 20.1. The first-order valence-corrected chi connectivity index (χ1v) is 11.1. The van der Waals surface area contributed by atoms with Crippen LogP contribution in [0.15, 0.2) is 36.5 Å². The number of rotatable bonds is 7. The number of fused-ring (bicyclic) bond motifs is 1. The van der Waals surface area contributed by atoms with Gasteiger partial charge >= 0.3 is 0 Å². The van der Waals surface area contributed by atoms with Crippen molar-refractivity contribution in [3.8, 4) is 0 Å². The molecular weight excluding hydrogens is 402 g/mol. The zero-order chi connectivity index (χ0) is 23.6. The average molecular weight is 436 g/mol. The number of hydrogen-bond acceptors (Lipinski definition) is 4. The molecule has 1 aromatic carbocycles. The Morgan fingerprint density at radius 2 is 1.69 bits per heavy atom. The minimum absolute atomic E-state index is 0.0393. The van der Waals surface area contributed by atoms with Crippen molar-refractivity contribution >= 4 is 22.8 Å². The van der Waals surface area contributed by atoms with E-state index in [-0.39, 0.29) is 23.8 Å². The molecule has 2 amide bonds. The number of hydrogen-bond donors (Lipinski definition) is 0. The van der Waals surface area contributed by atoms with Crippen molar-refractivity contribution in [2.75, 3.05) is 20.6 Å². The maximum atomic E-state index is 13.6. The summed E-state index contributed by atoms with van der Waals surface area (Å²) in [5.41, 5.74) is 3.87. The van der Waals surface area contributed by atoms with Crippen LogP contribution in [0, 0.1) is 0 Å². The highest BCUT2D eigenvalue weighted by Crippen LogP contribution is 2.26. The van der Waals surface area contributed by atoms with E-state index in [1.165, 1.54) is 0 Å². The molecular formula is C25H33N5O2. The largest absolute Gasteiger partial charge is 0.345 e. The summed E-state index contributed by atoms with van der Waals surface area (Å²) in [6, 6.07) is 9.49. The van der Waals surface area contributed by atoms with Gasteiger partial charge in [0.1, 0.15) is 0 Å². The molecule has 0 bridgehead atoms. The molecule has 2 heterocycles. The topological polar surface area (TPSA) is 71.3 Å². The third-order valence-corrected chi connectivity index (χ3v) is 5.55. The monoisotopic (exact) mass is 435 g/mol. The fourth-order valence-corrected chi connectivity index (χ4v) is 3.62. The molecule has 3 aromatic rings. The normalized spacial score (nSPS) is 11.4. The first kappa shape index (κ1) is 23.4. The maximum absolute atomic E-state index is 13.6. The fourth-order valence-electron chi connectivity index (χ4n) is 3.62. The third kappa shape index (κ3) is 4.66. The van der Waals surface area contributed by atoms with Gasteiger partial charge in [-0.15, -0.1) is 0 Å². The van der Waals surface area contributed by atoms with Crippen molar-refractivity contribution in [2.45, 2.75) is 53.1 Å². The van der Waals surface area contributed by atoms with Gasteiger partial charge in [-0.25, -0.2) is 9.67 Å². The molecule has 0 aliphatic carbocycles. The molecule has 0 saturated heterocycles. The lowest BCUT2D eigenvalue weighted by Crippen LogP contribution is -2.30. The van der Waals surface area contributed by atoms with Crippen molar-refractivity contribution in [1.82, 2.24) is 24.6 Å². The number of nitrogens with zero attached hydrogens (tertiary/aromatic N) is 5. The van der Waals surface area contributed by atoms with Crippen molar-refractivity contribution in [2.24, 2.45) is 0 Å². The van der Waals surface area contributed by atoms with E-state index >= 15 is 0 Å². The molecule has 0 unspecified atom stereocenters. The molecule has 3 rings (SSSR count). The highest BCUT2D eigenvalue weighted by molar-refractivity contribution is 6.05. The van der Waals surface area contributed by atoms with Crippen LogP contribution in [0.3, 0.4) is 0 Å². The van der Waals surface area contributed by atoms with Gasteiger partial charge in [0.2, 0.25) is 0 Å². The maximum Gasteiger partial charge on any atom is 0.255 e. The van der Waals surface area contributed by atoms with Crippen LogP contribution < -0.4 is 0 Å². The summed E-state index contributed by atoms with van der Waals surface area (Å²) >= 11 is 0. The van der Waals surface area contributed by atoms with E-state index in [2.05, 4.69) is 32.8 Å². The van der Waals surface area contributed by atoms with Gasteiger partial charge in [-0.1, -0.05) is 26.0 Å². The fraction of sp³-hybridized carbons (Fsp3) is 0.440. The minimum atomic E-state index is -0.0430. The van der Waals surface area contributed by atoms with Gasteiger partial charge in [-0.05, 0) is 50.5 Å². The Kier molecular flexibility index (Phi) is 6.96. The van der Waals surface area contributed by atoms with Crippen LogP contribution in [0.25, 0.3) is 11.0 Å². The Morgan fingerprint density at radius 1 is 1.03 bits per heavy atom. The molecule has 0 fully saturated rings. The number of pyridine rings is 1. The smallest absolute Gasteiger partial charge is 0.255 e. The third-order valence-electron chi connectivity index (χ3n) is 5.55. The van der Waals surface area contributed by atoms with Crippen molar-refractivity contribution in [3.63, 3.8) is 0 Å². The summed E-state index contributed by atoms with van der Waals surface area (Å²) in [5.74, 6) is 0.111. The summed E-state index contributed by atoms with van der Waals surface area (Å²) in [5, 5.41) is 5.27. The van der Waals surface area contributed by atoms with E-state index in [9.17, 15) is 9.59 Å². The Hall–Kier alpha value is -3.22. The number of aromatic nitrogens is 3. The molecule has 0 N–H and O–H groups in total. The van der Waals surface area contributed by atoms with Crippen LogP contribution in [-0.4, -0.2) is 57.0 Å². The summed E-state index contributed by atoms with van der Waals surface area (Å²) in [7, 11) is 3.46. The second kappa shape index (κ2) is 9.51. The molecule has 0 aliphatic heterocycles. The van der Waals surface area contributed by atoms with Gasteiger partial charge in [0.15, 0.2) is 5.65 Å². The first-order chi connectivity index (χ1) is 15.1. The number of carbonyl (C=O) groups excluding carboxylic acids is 2. The summed E-state index contributed by atoms with van der Waals surface area (Å²) < 4.78 is 1.87. The Balaban J connectivity index is 1.95. The second-order valence-electron chi connectivity index (χ2n) is 8.89. The molecule has 0 aliphatic rings. The van der Waals surface area contributed by atoms with E-state index in [1.807, 2.05) is 46.8 Å². The van der Waals surface area contributed by atoms with E-state index in [1.54, 1.807) is 25.2 Å². The Bertz CT molecular complexity index is 1110. The lowest BCUT2D eigenvalue weighted by molar-refractivity contribution is 0.0753. The number of benzene rings is 1. The lowest BCUT2D eigenvalue weighted by Gasteiger charge is -2.22. The summed E-state index contributed by atoms with van der Waals surface area (Å²) in [6.07, 6.45) is 1.75. The van der Waals surface area contributed by atoms with E-state index in [0.717, 1.165) is 22.3 Å². The standard InChI is InChI=1S/C25H33N5O2/c1-8-29(15-18-9-11-19(12-10-18)24(31)28(6)7)25(32)20-13-22(16(2)3)27-23-21(20)14-26-30(23)17(4)5/h9-14,16-17H,8,15H2,1-7H3. The molecule has 7 nitrogen and oxygen atoms in total. The molecule has 170 valence electrons. The van der Waals surface area contributed by atoms with Crippen molar-refractivity contribution < 1.29 is 9.59 Å². The quantitative estimate of drug-likeness (QED) is 0.548. The van der Waals surface area contributed by atoms with Crippen LogP contribution >= 0.6 is 0 Å². The van der Waals surface area contributed by atoms with Gasteiger partial charge in [0, 0.05) is 44.5 Å². The number of carbonyl (C=O) groups is 2. The molecule has 7 heteroatoms. The van der Waals surface area contributed by atoms with Crippen molar-refractivity contribution in [1.29, 1.82) is 0 Å². The summed E-state index contributed by atoms with van der Waals surface area (Å²) in [4.78, 5) is 33.9. The van der Waals surface area contributed by atoms with Crippen molar-refractivity contribution in [3.05, 3.63) is 58.9 Å². The molecule has 32 heavy (non-hydrogen) atoms. The lowest BCUT2D eigenvalue weighted by atomic mass is 10.0. The predicted molar refractivity (Wildman–Crippen MR) is 127 cm³/mol. The van der Waals surface area contributed by atoms with Gasteiger partial charge in [-0.2, -0.15) is 5.10 Å². The van der Waals surface area contributed by atoms with E-state index in [4.69, 9.17) is 4.98 Å². The molecule has 2 aromatic heterocycles. The predicted octanol–water partition coefficient (Wildman–Crippen LogP) is 4.50. The van der Waals surface area contributed by atoms with Gasteiger partial charge < -0.3 is 9.80 Å². The number of amides is 2. The van der Waals surface area contributed by atoms with Crippen LogP contribution in [0.4, 0.5) is 0 Å². The van der Waals surface area contributed by atoms with Crippen LogP contribution in [0.1, 0.15) is 78.6 Å². The van der Waals surface area contributed by atoms with Gasteiger partial charge in [-0.3, -0.25) is 9.59 Å². The molecule has 0 atom stereocenters. The highest BCUT2D eigenvalue weighted by atomic mass is 16.2. The minimum Gasteiger partial charge on any atom is -0.345 e. The zero-order valence-electron chi connectivity index (χ0n) is 20.1. The van der Waals surface area contributed by atoms with Crippen LogP contribution in [0.2, 0.25) is 0 Å². The SMILES string of the molecule is CCN(Cc1ccc(C(=O)N(C)C)cc1)C(=O)c1cc(C(C)C)nc2c1cnn2C(C)C. The molecule has 0 saturated carbocycles.